The molecule has 1 aromatic heterocycles. The van der Waals surface area contributed by atoms with Gasteiger partial charge in [-0.05, 0) is 47.5 Å². The van der Waals surface area contributed by atoms with Crippen molar-refractivity contribution in [2.24, 2.45) is 4.99 Å². The first-order chi connectivity index (χ1) is 12.3. The summed E-state index contributed by atoms with van der Waals surface area (Å²) in [5.74, 6) is 0.883. The lowest BCUT2D eigenvalue weighted by molar-refractivity contribution is 0.613. The molecule has 0 spiro atoms. The Kier molecular flexibility index (Phi) is 8.70. The van der Waals surface area contributed by atoms with Crippen molar-refractivity contribution in [2.45, 2.75) is 25.9 Å². The van der Waals surface area contributed by atoms with Gasteiger partial charge in [-0.25, -0.2) is 0 Å². The van der Waals surface area contributed by atoms with Gasteiger partial charge in [-0.2, -0.15) is 5.10 Å². The summed E-state index contributed by atoms with van der Waals surface area (Å²) in [5.41, 5.74) is 1.26. The van der Waals surface area contributed by atoms with E-state index in [9.17, 15) is 0 Å². The molecule has 2 heterocycles. The van der Waals surface area contributed by atoms with Crippen LogP contribution in [0.4, 0.5) is 5.69 Å². The summed E-state index contributed by atoms with van der Waals surface area (Å²) in [5, 5.41) is 11.1. The number of guanidine groups is 1. The van der Waals surface area contributed by atoms with E-state index in [2.05, 4.69) is 72.7 Å². The summed E-state index contributed by atoms with van der Waals surface area (Å²) in [6.07, 6.45) is 4.86. The molecule has 1 atom stereocenters. The van der Waals surface area contributed by atoms with Crippen LogP contribution in [0.15, 0.2) is 52.2 Å². The van der Waals surface area contributed by atoms with Gasteiger partial charge in [0.15, 0.2) is 5.96 Å². The topological polar surface area (TPSA) is 57.5 Å². The standard InChI is InChI=1S/C18H25BrN6.HI/c1-2-20-18(21-10-13-25-11-5-9-22-25)23-15-8-12-24(14-15)17-7-4-3-6-16(17)19;/h3-7,9,11,15H,2,8,10,12-14H2,1H3,(H2,20,21,23);1H. The minimum Gasteiger partial charge on any atom is -0.368 e. The Labute approximate surface area is 180 Å². The van der Waals surface area contributed by atoms with Gasteiger partial charge in [-0.15, -0.1) is 24.0 Å². The lowest BCUT2D eigenvalue weighted by Crippen LogP contribution is -2.44. The van der Waals surface area contributed by atoms with Gasteiger partial charge in [-0.3, -0.25) is 9.67 Å². The van der Waals surface area contributed by atoms with Gasteiger partial charge in [0, 0.05) is 42.5 Å². The zero-order chi connectivity index (χ0) is 17.5. The van der Waals surface area contributed by atoms with Crippen molar-refractivity contribution in [1.82, 2.24) is 20.4 Å². The molecule has 8 heteroatoms. The first-order valence-electron chi connectivity index (χ1n) is 8.78. The first kappa shape index (κ1) is 21.0. The summed E-state index contributed by atoms with van der Waals surface area (Å²) < 4.78 is 3.05. The van der Waals surface area contributed by atoms with Crippen molar-refractivity contribution in [3.8, 4) is 0 Å². The Morgan fingerprint density at radius 3 is 2.92 bits per heavy atom. The van der Waals surface area contributed by atoms with Crippen LogP contribution in [0.25, 0.3) is 0 Å². The number of anilines is 1. The highest BCUT2D eigenvalue weighted by atomic mass is 127. The Balaban J connectivity index is 0.00000243. The number of para-hydroxylation sites is 1. The van der Waals surface area contributed by atoms with Gasteiger partial charge < -0.3 is 15.5 Å². The number of rotatable bonds is 6. The molecule has 0 saturated carbocycles. The van der Waals surface area contributed by atoms with Gasteiger partial charge >= 0.3 is 0 Å². The van der Waals surface area contributed by atoms with Gasteiger partial charge in [0.1, 0.15) is 0 Å². The van der Waals surface area contributed by atoms with Crippen molar-refractivity contribution < 1.29 is 0 Å². The van der Waals surface area contributed by atoms with Gasteiger partial charge in [-0.1, -0.05) is 12.1 Å². The molecule has 2 N–H and O–H groups in total. The van der Waals surface area contributed by atoms with E-state index in [0.717, 1.165) is 43.0 Å². The van der Waals surface area contributed by atoms with Crippen molar-refractivity contribution in [1.29, 1.82) is 0 Å². The second kappa shape index (κ2) is 10.8. The number of hydrogen-bond donors (Lipinski definition) is 2. The fraction of sp³-hybridized carbons (Fsp3) is 0.444. The number of benzene rings is 1. The average Bonchev–Trinajstić information content (AvgIpc) is 3.27. The molecule has 0 bridgehead atoms. The summed E-state index contributed by atoms with van der Waals surface area (Å²) in [7, 11) is 0. The summed E-state index contributed by atoms with van der Waals surface area (Å²) >= 11 is 3.65. The van der Waals surface area contributed by atoms with Gasteiger partial charge in [0.05, 0.1) is 18.8 Å². The largest absolute Gasteiger partial charge is 0.368 e. The molecule has 1 aliphatic heterocycles. The summed E-state index contributed by atoms with van der Waals surface area (Å²) in [6, 6.07) is 10.7. The summed E-state index contributed by atoms with van der Waals surface area (Å²) in [4.78, 5) is 7.08. The fourth-order valence-electron chi connectivity index (χ4n) is 3.02. The fourth-order valence-corrected chi connectivity index (χ4v) is 3.55. The van der Waals surface area contributed by atoms with E-state index in [1.54, 1.807) is 6.20 Å². The predicted molar refractivity (Wildman–Crippen MR) is 122 cm³/mol. The highest BCUT2D eigenvalue weighted by molar-refractivity contribution is 14.0. The molecule has 142 valence electrons. The number of hydrogen-bond acceptors (Lipinski definition) is 3. The van der Waals surface area contributed by atoms with Gasteiger partial charge in [0.2, 0.25) is 0 Å². The Morgan fingerprint density at radius 2 is 2.19 bits per heavy atom. The molecule has 0 aliphatic carbocycles. The smallest absolute Gasteiger partial charge is 0.191 e. The third-order valence-corrected chi connectivity index (χ3v) is 4.90. The van der Waals surface area contributed by atoms with Crippen molar-refractivity contribution >= 4 is 51.6 Å². The van der Waals surface area contributed by atoms with Crippen LogP contribution in [0.1, 0.15) is 13.3 Å². The van der Waals surface area contributed by atoms with Crippen molar-refractivity contribution in [2.75, 3.05) is 31.1 Å². The van der Waals surface area contributed by atoms with E-state index in [4.69, 9.17) is 0 Å². The van der Waals surface area contributed by atoms with Crippen LogP contribution in [0, 0.1) is 0 Å². The monoisotopic (exact) mass is 532 g/mol. The number of aliphatic imine (C=N–C) groups is 1. The minimum atomic E-state index is 0. The zero-order valence-electron chi connectivity index (χ0n) is 14.9. The normalized spacial score (nSPS) is 17.1. The molecule has 0 radical (unpaired) electrons. The van der Waals surface area contributed by atoms with Crippen LogP contribution in [0.3, 0.4) is 0 Å². The Morgan fingerprint density at radius 1 is 1.35 bits per heavy atom. The molecule has 2 aromatic rings. The lowest BCUT2D eigenvalue weighted by atomic mass is 10.3. The van der Waals surface area contributed by atoms with Crippen LogP contribution < -0.4 is 15.5 Å². The van der Waals surface area contributed by atoms with Crippen molar-refractivity contribution in [3.05, 3.63) is 47.2 Å². The second-order valence-electron chi connectivity index (χ2n) is 6.06. The van der Waals surface area contributed by atoms with E-state index < -0.39 is 0 Å². The molecular weight excluding hydrogens is 507 g/mol. The highest BCUT2D eigenvalue weighted by Gasteiger charge is 2.24. The molecule has 1 fully saturated rings. The van der Waals surface area contributed by atoms with Crippen LogP contribution in [-0.2, 0) is 6.54 Å². The number of aromatic nitrogens is 2. The third kappa shape index (κ3) is 5.87. The maximum Gasteiger partial charge on any atom is 0.191 e. The maximum atomic E-state index is 4.67. The number of nitrogens with one attached hydrogen (secondary N) is 2. The SMILES string of the molecule is CCNC(=NCCn1cccn1)NC1CCN(c2ccccc2Br)C1.I. The van der Waals surface area contributed by atoms with E-state index >= 15 is 0 Å². The zero-order valence-corrected chi connectivity index (χ0v) is 18.9. The van der Waals surface area contributed by atoms with E-state index in [0.29, 0.717) is 12.6 Å². The molecule has 1 unspecified atom stereocenters. The van der Waals surface area contributed by atoms with Crippen LogP contribution >= 0.6 is 39.9 Å². The molecule has 3 rings (SSSR count). The van der Waals surface area contributed by atoms with Crippen LogP contribution in [0.5, 0.6) is 0 Å². The molecule has 1 saturated heterocycles. The Bertz CT molecular complexity index is 691. The highest BCUT2D eigenvalue weighted by Crippen LogP contribution is 2.28. The summed E-state index contributed by atoms with van der Waals surface area (Å²) in [6.45, 7) is 6.47. The maximum absolute atomic E-state index is 4.67. The minimum absolute atomic E-state index is 0. The van der Waals surface area contributed by atoms with E-state index in [1.807, 2.05) is 16.9 Å². The van der Waals surface area contributed by atoms with Crippen LogP contribution in [-0.4, -0.2) is 48.0 Å². The van der Waals surface area contributed by atoms with E-state index in [-0.39, 0.29) is 24.0 Å². The number of nitrogens with zero attached hydrogens (tertiary/aromatic N) is 4. The quantitative estimate of drug-likeness (QED) is 0.341. The molecule has 26 heavy (non-hydrogen) atoms. The average molecular weight is 533 g/mol. The molecule has 6 nitrogen and oxygen atoms in total. The number of halogens is 2. The molecule has 0 amide bonds. The Hall–Kier alpha value is -1.29. The first-order valence-corrected chi connectivity index (χ1v) is 9.57. The predicted octanol–water partition coefficient (Wildman–Crippen LogP) is 3.10. The second-order valence-corrected chi connectivity index (χ2v) is 6.91. The lowest BCUT2D eigenvalue weighted by Gasteiger charge is -2.21. The molecule has 1 aliphatic rings. The molecule has 1 aromatic carbocycles. The van der Waals surface area contributed by atoms with Crippen molar-refractivity contribution in [3.63, 3.8) is 0 Å². The van der Waals surface area contributed by atoms with Gasteiger partial charge in [0.25, 0.3) is 0 Å². The third-order valence-electron chi connectivity index (χ3n) is 4.22. The molecular formula is C18H26BrIN6. The van der Waals surface area contributed by atoms with Crippen LogP contribution in [0.2, 0.25) is 0 Å². The van der Waals surface area contributed by atoms with E-state index in [1.165, 1.54) is 5.69 Å².